The summed E-state index contributed by atoms with van der Waals surface area (Å²) in [6.07, 6.45) is 1.86. The lowest BCUT2D eigenvalue weighted by Crippen LogP contribution is -3.00. The van der Waals surface area contributed by atoms with Crippen LogP contribution >= 0.6 is 0 Å². The van der Waals surface area contributed by atoms with E-state index in [1.165, 1.54) is 17.2 Å². The average Bonchev–Trinajstić information content (AvgIpc) is 2.25. The molecular weight excluding hydrogens is 184 g/mol. The van der Waals surface area contributed by atoms with Crippen LogP contribution in [0.3, 0.4) is 0 Å². The zero-order chi connectivity index (χ0) is 9.30. The Morgan fingerprint density at radius 3 is 2.15 bits per heavy atom. The van der Waals surface area contributed by atoms with Crippen molar-refractivity contribution in [1.29, 1.82) is 0 Å². The van der Waals surface area contributed by atoms with Crippen LogP contribution in [-0.4, -0.2) is 4.57 Å². The van der Waals surface area contributed by atoms with Gasteiger partial charge < -0.3 is 12.4 Å². The number of aromatic nitrogens is 2. The second-order valence-electron chi connectivity index (χ2n) is 3.01. The molecule has 0 unspecified atom stereocenters. The largest absolute Gasteiger partial charge is 1.00 e. The summed E-state index contributed by atoms with van der Waals surface area (Å²) in [6.45, 7) is 13.4. The van der Waals surface area contributed by atoms with Gasteiger partial charge in [-0.1, -0.05) is 6.58 Å². The summed E-state index contributed by atoms with van der Waals surface area (Å²) < 4.78 is 4.41. The molecule has 0 atom stereocenters. The molecule has 1 heterocycles. The molecule has 0 fully saturated rings. The van der Waals surface area contributed by atoms with Crippen LogP contribution in [0.25, 0.3) is 6.20 Å². The van der Waals surface area contributed by atoms with E-state index in [0.29, 0.717) is 0 Å². The summed E-state index contributed by atoms with van der Waals surface area (Å²) in [7, 11) is 0. The number of halogens is 1. The number of hydrogen-bond acceptors (Lipinski definition) is 0. The van der Waals surface area contributed by atoms with E-state index in [1.807, 2.05) is 6.20 Å². The first-order valence-electron chi connectivity index (χ1n) is 4.33. The fourth-order valence-electron chi connectivity index (χ4n) is 1.72. The van der Waals surface area contributed by atoms with Gasteiger partial charge in [0, 0.05) is 20.8 Å². The molecule has 1 rings (SSSR count). The topological polar surface area (TPSA) is 8.81 Å². The van der Waals surface area contributed by atoms with E-state index in [4.69, 9.17) is 0 Å². The molecule has 0 aliphatic heterocycles. The average molecular weight is 201 g/mol. The van der Waals surface area contributed by atoms with Crippen LogP contribution in [0.15, 0.2) is 6.58 Å². The second kappa shape index (κ2) is 4.47. The number of imidazole rings is 1. The zero-order valence-corrected chi connectivity index (χ0v) is 9.52. The van der Waals surface area contributed by atoms with Crippen molar-refractivity contribution in [2.45, 2.75) is 34.2 Å². The first-order valence-corrected chi connectivity index (χ1v) is 4.33. The molecule has 1 aromatic rings. The minimum absolute atomic E-state index is 0. The maximum atomic E-state index is 3.79. The molecule has 0 N–H and O–H groups in total. The van der Waals surface area contributed by atoms with Crippen LogP contribution in [0.2, 0.25) is 0 Å². The monoisotopic (exact) mass is 200 g/mol. The third-order valence-electron chi connectivity index (χ3n) is 2.53. The Bertz CT molecular complexity index is 313. The summed E-state index contributed by atoms with van der Waals surface area (Å²) in [6, 6.07) is 0. The van der Waals surface area contributed by atoms with E-state index >= 15 is 0 Å². The van der Waals surface area contributed by atoms with Crippen molar-refractivity contribution in [3.05, 3.63) is 23.8 Å². The Labute approximate surface area is 86.3 Å². The Morgan fingerprint density at radius 1 is 1.38 bits per heavy atom. The minimum atomic E-state index is 0. The van der Waals surface area contributed by atoms with Gasteiger partial charge in [-0.3, -0.25) is 0 Å². The lowest BCUT2D eigenvalue weighted by atomic mass is 10.4. The summed E-state index contributed by atoms with van der Waals surface area (Å²) in [5.74, 6) is 1.25. The molecule has 13 heavy (non-hydrogen) atoms. The van der Waals surface area contributed by atoms with E-state index in [9.17, 15) is 0 Å². The highest BCUT2D eigenvalue weighted by Crippen LogP contribution is 2.06. The molecule has 74 valence electrons. The highest BCUT2D eigenvalue weighted by Gasteiger charge is 2.18. The van der Waals surface area contributed by atoms with Gasteiger partial charge in [0.25, 0.3) is 5.82 Å². The fraction of sp³-hybridized carbons (Fsp3) is 0.500. The van der Waals surface area contributed by atoms with Crippen molar-refractivity contribution >= 4 is 6.20 Å². The van der Waals surface area contributed by atoms with Gasteiger partial charge in [0.15, 0.2) is 0 Å². The summed E-state index contributed by atoms with van der Waals surface area (Å²) in [5, 5.41) is 0. The zero-order valence-electron chi connectivity index (χ0n) is 8.76. The Kier molecular flexibility index (Phi) is 4.21. The van der Waals surface area contributed by atoms with Gasteiger partial charge >= 0.3 is 0 Å². The Hall–Kier alpha value is -0.760. The second-order valence-corrected chi connectivity index (χ2v) is 3.01. The number of nitrogens with zero attached hydrogens (tertiary/aromatic N) is 2. The Morgan fingerprint density at radius 2 is 1.92 bits per heavy atom. The molecule has 0 saturated carbocycles. The molecule has 3 heteroatoms. The van der Waals surface area contributed by atoms with Crippen LogP contribution in [0.1, 0.15) is 24.1 Å². The standard InChI is InChI=1S/C10H17N2.ClH/c1-6-11-8(3)9(4)12(7-2)10(11)5;/h6H,1,7H2,2-5H3;1H/q+1;/p-1. The predicted molar refractivity (Wildman–Crippen MR) is 50.9 cm³/mol. The molecular formula is C10H17ClN2. The normalized spacial score (nSPS) is 9.54. The van der Waals surface area contributed by atoms with Crippen molar-refractivity contribution in [2.75, 3.05) is 0 Å². The van der Waals surface area contributed by atoms with Crippen molar-refractivity contribution in [2.24, 2.45) is 0 Å². The van der Waals surface area contributed by atoms with Crippen molar-refractivity contribution in [3.63, 3.8) is 0 Å². The van der Waals surface area contributed by atoms with Gasteiger partial charge in [0.05, 0.1) is 12.7 Å². The van der Waals surface area contributed by atoms with E-state index in [1.54, 1.807) is 0 Å². The molecule has 0 spiro atoms. The van der Waals surface area contributed by atoms with Crippen molar-refractivity contribution in [3.8, 4) is 0 Å². The van der Waals surface area contributed by atoms with Crippen LogP contribution in [0.5, 0.6) is 0 Å². The first-order chi connectivity index (χ1) is 5.63. The highest BCUT2D eigenvalue weighted by molar-refractivity contribution is 5.12. The first kappa shape index (κ1) is 12.2. The van der Waals surface area contributed by atoms with E-state index < -0.39 is 0 Å². The van der Waals surface area contributed by atoms with Gasteiger partial charge in [-0.15, -0.1) is 0 Å². The molecule has 0 amide bonds. The molecule has 1 aromatic heterocycles. The van der Waals surface area contributed by atoms with Crippen LogP contribution < -0.4 is 17.0 Å². The van der Waals surface area contributed by atoms with Gasteiger partial charge in [-0.2, -0.15) is 0 Å². The van der Waals surface area contributed by atoms with Crippen molar-refractivity contribution < 1.29 is 17.0 Å². The van der Waals surface area contributed by atoms with Gasteiger partial charge in [0.1, 0.15) is 11.4 Å². The fourth-order valence-corrected chi connectivity index (χ4v) is 1.72. The number of hydrogen-bond donors (Lipinski definition) is 0. The quantitative estimate of drug-likeness (QED) is 0.532. The van der Waals surface area contributed by atoms with E-state index in [-0.39, 0.29) is 12.4 Å². The third-order valence-corrected chi connectivity index (χ3v) is 2.53. The van der Waals surface area contributed by atoms with Crippen LogP contribution in [0, 0.1) is 20.8 Å². The molecule has 0 aliphatic rings. The molecule has 0 aliphatic carbocycles. The summed E-state index contributed by atoms with van der Waals surface area (Å²) >= 11 is 0. The molecule has 0 saturated heterocycles. The van der Waals surface area contributed by atoms with E-state index in [2.05, 4.69) is 43.4 Å². The van der Waals surface area contributed by atoms with E-state index in [0.717, 1.165) is 6.54 Å². The Balaban J connectivity index is 0.00000144. The summed E-state index contributed by atoms with van der Waals surface area (Å²) in [5.41, 5.74) is 2.61. The lowest BCUT2D eigenvalue weighted by Gasteiger charge is -1.93. The minimum Gasteiger partial charge on any atom is -1.00 e. The van der Waals surface area contributed by atoms with Gasteiger partial charge in [0.2, 0.25) is 0 Å². The van der Waals surface area contributed by atoms with Crippen LogP contribution in [-0.2, 0) is 6.54 Å². The number of rotatable bonds is 2. The van der Waals surface area contributed by atoms with Gasteiger partial charge in [-0.25, -0.2) is 9.13 Å². The molecule has 0 bridgehead atoms. The molecule has 0 radical (unpaired) electrons. The SMILES string of the molecule is C=C[n+]1c(C)c(C)n(CC)c1C.[Cl-]. The molecule has 0 aromatic carbocycles. The maximum Gasteiger partial charge on any atom is 0.258 e. The van der Waals surface area contributed by atoms with Crippen LogP contribution in [0.4, 0.5) is 0 Å². The summed E-state index contributed by atoms with van der Waals surface area (Å²) in [4.78, 5) is 0. The molecule has 2 nitrogen and oxygen atoms in total. The maximum absolute atomic E-state index is 3.79. The van der Waals surface area contributed by atoms with Crippen molar-refractivity contribution in [1.82, 2.24) is 4.57 Å². The predicted octanol–water partition coefficient (Wildman–Crippen LogP) is -1.17. The highest BCUT2D eigenvalue weighted by atomic mass is 35.5. The third kappa shape index (κ3) is 1.78. The lowest BCUT2D eigenvalue weighted by molar-refractivity contribution is -0.582. The smallest absolute Gasteiger partial charge is 0.258 e. The van der Waals surface area contributed by atoms with Gasteiger partial charge in [-0.05, 0) is 6.92 Å².